The molecule has 1 atom stereocenters. The highest BCUT2D eigenvalue weighted by Crippen LogP contribution is 2.29. The second-order valence-electron chi connectivity index (χ2n) is 3.49. The van der Waals surface area contributed by atoms with Gasteiger partial charge in [0.05, 0.1) is 10.4 Å². The largest absolute Gasteiger partial charge is 0.271 e. The molecule has 1 heterocycles. The van der Waals surface area contributed by atoms with Crippen LogP contribution in [0.2, 0.25) is 4.34 Å². The van der Waals surface area contributed by atoms with Crippen LogP contribution in [-0.4, -0.2) is 0 Å². The van der Waals surface area contributed by atoms with E-state index in [1.807, 2.05) is 12.1 Å². The molecule has 1 unspecified atom stereocenters. The minimum absolute atomic E-state index is 0.234. The third-order valence-corrected chi connectivity index (χ3v) is 3.19. The molecular formula is C9H15ClN2S. The zero-order chi connectivity index (χ0) is 9.84. The molecule has 1 aromatic rings. The Hall–Kier alpha value is -0.0900. The van der Waals surface area contributed by atoms with Crippen LogP contribution in [-0.2, 0) is 0 Å². The van der Waals surface area contributed by atoms with Gasteiger partial charge < -0.3 is 0 Å². The molecule has 3 N–H and O–H groups in total. The average Bonchev–Trinajstić information content (AvgIpc) is 2.47. The normalized spacial score (nSPS) is 13.6. The zero-order valence-corrected chi connectivity index (χ0v) is 9.45. The molecule has 0 amide bonds. The molecule has 0 fully saturated rings. The van der Waals surface area contributed by atoms with Crippen molar-refractivity contribution in [2.45, 2.75) is 26.3 Å². The van der Waals surface area contributed by atoms with E-state index in [-0.39, 0.29) is 6.04 Å². The Balaban J connectivity index is 2.66. The van der Waals surface area contributed by atoms with Crippen LogP contribution in [0.4, 0.5) is 0 Å². The molecule has 0 aliphatic rings. The van der Waals surface area contributed by atoms with Gasteiger partial charge in [-0.2, -0.15) is 0 Å². The molecule has 0 bridgehead atoms. The molecule has 0 saturated heterocycles. The molecule has 4 heteroatoms. The van der Waals surface area contributed by atoms with Crippen molar-refractivity contribution in [2.75, 3.05) is 0 Å². The molecule has 1 rings (SSSR count). The van der Waals surface area contributed by atoms with Gasteiger partial charge in [-0.1, -0.05) is 25.4 Å². The van der Waals surface area contributed by atoms with Crippen LogP contribution in [0.5, 0.6) is 0 Å². The van der Waals surface area contributed by atoms with E-state index >= 15 is 0 Å². The Morgan fingerprint density at radius 1 is 1.54 bits per heavy atom. The summed E-state index contributed by atoms with van der Waals surface area (Å²) < 4.78 is 0.819. The molecule has 0 saturated carbocycles. The van der Waals surface area contributed by atoms with E-state index in [1.165, 1.54) is 4.88 Å². The van der Waals surface area contributed by atoms with E-state index in [2.05, 4.69) is 19.3 Å². The monoisotopic (exact) mass is 218 g/mol. The Labute approximate surface area is 88.1 Å². The second-order valence-corrected chi connectivity index (χ2v) is 5.24. The molecule has 0 aliphatic heterocycles. The van der Waals surface area contributed by atoms with Crippen molar-refractivity contribution in [1.82, 2.24) is 5.43 Å². The summed E-state index contributed by atoms with van der Waals surface area (Å²) in [7, 11) is 0. The quantitative estimate of drug-likeness (QED) is 0.603. The lowest BCUT2D eigenvalue weighted by Crippen LogP contribution is -2.28. The molecule has 0 aliphatic carbocycles. The lowest BCUT2D eigenvalue weighted by atomic mass is 10.0. The summed E-state index contributed by atoms with van der Waals surface area (Å²) in [5, 5.41) is 0. The topological polar surface area (TPSA) is 38.0 Å². The predicted molar refractivity (Wildman–Crippen MR) is 58.8 cm³/mol. The Kier molecular flexibility index (Phi) is 4.19. The number of hydrogen-bond acceptors (Lipinski definition) is 3. The number of halogens is 1. The maximum absolute atomic E-state index is 5.85. The fraction of sp³-hybridized carbons (Fsp3) is 0.556. The van der Waals surface area contributed by atoms with Crippen LogP contribution < -0.4 is 11.3 Å². The zero-order valence-electron chi connectivity index (χ0n) is 7.88. The van der Waals surface area contributed by atoms with Gasteiger partial charge in [-0.25, -0.2) is 0 Å². The maximum Gasteiger partial charge on any atom is 0.0931 e. The molecule has 0 aromatic carbocycles. The van der Waals surface area contributed by atoms with Crippen LogP contribution in [0.25, 0.3) is 0 Å². The van der Waals surface area contributed by atoms with Gasteiger partial charge in [-0.3, -0.25) is 11.3 Å². The van der Waals surface area contributed by atoms with Crippen molar-refractivity contribution in [2.24, 2.45) is 11.8 Å². The van der Waals surface area contributed by atoms with Crippen LogP contribution in [0.3, 0.4) is 0 Å². The number of thiophene rings is 1. The fourth-order valence-corrected chi connectivity index (χ4v) is 2.39. The third-order valence-electron chi connectivity index (χ3n) is 1.85. The van der Waals surface area contributed by atoms with Gasteiger partial charge in [-0.15, -0.1) is 11.3 Å². The van der Waals surface area contributed by atoms with Crippen molar-refractivity contribution < 1.29 is 0 Å². The predicted octanol–water partition coefficient (Wildman–Crippen LogP) is 2.95. The van der Waals surface area contributed by atoms with Gasteiger partial charge in [-0.05, 0) is 24.5 Å². The summed E-state index contributed by atoms with van der Waals surface area (Å²) in [5.74, 6) is 6.10. The number of hydrogen-bond donors (Lipinski definition) is 2. The Morgan fingerprint density at radius 2 is 2.23 bits per heavy atom. The standard InChI is InChI=1S/C9H15ClN2S/c1-6(2)5-7(12-11)8-3-4-9(10)13-8/h3-4,6-7,12H,5,11H2,1-2H3. The maximum atomic E-state index is 5.85. The van der Waals surface area contributed by atoms with E-state index in [0.29, 0.717) is 5.92 Å². The SMILES string of the molecule is CC(C)CC(NN)c1ccc(Cl)s1. The summed E-state index contributed by atoms with van der Waals surface area (Å²) >= 11 is 7.43. The van der Waals surface area contributed by atoms with Crippen molar-refractivity contribution in [3.05, 3.63) is 21.3 Å². The average molecular weight is 219 g/mol. The van der Waals surface area contributed by atoms with Crippen LogP contribution >= 0.6 is 22.9 Å². The molecule has 2 nitrogen and oxygen atoms in total. The summed E-state index contributed by atoms with van der Waals surface area (Å²) in [5.41, 5.74) is 2.81. The van der Waals surface area contributed by atoms with Crippen LogP contribution in [0.1, 0.15) is 31.2 Å². The number of hydrazine groups is 1. The van der Waals surface area contributed by atoms with Crippen LogP contribution in [0.15, 0.2) is 12.1 Å². The van der Waals surface area contributed by atoms with Gasteiger partial charge in [0, 0.05) is 4.88 Å². The first kappa shape index (κ1) is 11.0. The van der Waals surface area contributed by atoms with Gasteiger partial charge >= 0.3 is 0 Å². The summed E-state index contributed by atoms with van der Waals surface area (Å²) in [6.45, 7) is 4.36. The number of nitrogens with one attached hydrogen (secondary N) is 1. The number of rotatable bonds is 4. The summed E-state index contributed by atoms with van der Waals surface area (Å²) in [6.07, 6.45) is 1.04. The Bertz CT molecular complexity index is 260. The molecule has 74 valence electrons. The highest BCUT2D eigenvalue weighted by molar-refractivity contribution is 7.16. The van der Waals surface area contributed by atoms with Crippen LogP contribution in [0, 0.1) is 5.92 Å². The first-order chi connectivity index (χ1) is 6.13. The molecular weight excluding hydrogens is 204 g/mol. The lowest BCUT2D eigenvalue weighted by Gasteiger charge is -2.15. The van der Waals surface area contributed by atoms with Gasteiger partial charge in [0.15, 0.2) is 0 Å². The first-order valence-corrected chi connectivity index (χ1v) is 5.54. The molecule has 13 heavy (non-hydrogen) atoms. The van der Waals surface area contributed by atoms with Gasteiger partial charge in [0.2, 0.25) is 0 Å². The molecule has 0 spiro atoms. The van der Waals surface area contributed by atoms with E-state index in [9.17, 15) is 0 Å². The highest BCUT2D eigenvalue weighted by Gasteiger charge is 2.13. The van der Waals surface area contributed by atoms with Crippen molar-refractivity contribution in [3.8, 4) is 0 Å². The molecule has 1 aromatic heterocycles. The second kappa shape index (κ2) is 4.96. The molecule has 0 radical (unpaired) electrons. The lowest BCUT2D eigenvalue weighted by molar-refractivity contribution is 0.443. The van der Waals surface area contributed by atoms with E-state index in [1.54, 1.807) is 11.3 Å². The van der Waals surface area contributed by atoms with E-state index < -0.39 is 0 Å². The minimum Gasteiger partial charge on any atom is -0.271 e. The van der Waals surface area contributed by atoms with Gasteiger partial charge in [0.1, 0.15) is 0 Å². The smallest absolute Gasteiger partial charge is 0.0931 e. The summed E-state index contributed by atoms with van der Waals surface area (Å²) in [4.78, 5) is 1.21. The third kappa shape index (κ3) is 3.27. The van der Waals surface area contributed by atoms with E-state index in [4.69, 9.17) is 17.4 Å². The minimum atomic E-state index is 0.234. The van der Waals surface area contributed by atoms with Crippen molar-refractivity contribution >= 4 is 22.9 Å². The number of nitrogens with two attached hydrogens (primary N) is 1. The fourth-order valence-electron chi connectivity index (χ4n) is 1.25. The summed E-state index contributed by atoms with van der Waals surface area (Å²) in [6, 6.07) is 4.17. The van der Waals surface area contributed by atoms with Gasteiger partial charge in [0.25, 0.3) is 0 Å². The van der Waals surface area contributed by atoms with Crippen molar-refractivity contribution in [3.63, 3.8) is 0 Å². The highest BCUT2D eigenvalue weighted by atomic mass is 35.5. The van der Waals surface area contributed by atoms with Crippen molar-refractivity contribution in [1.29, 1.82) is 0 Å². The Morgan fingerprint density at radius 3 is 2.62 bits per heavy atom. The first-order valence-electron chi connectivity index (χ1n) is 4.35. The van der Waals surface area contributed by atoms with E-state index in [0.717, 1.165) is 10.8 Å².